The Balaban J connectivity index is 1.81. The predicted molar refractivity (Wildman–Crippen MR) is 81.6 cm³/mol. The highest BCUT2D eigenvalue weighted by Crippen LogP contribution is 2.33. The van der Waals surface area contributed by atoms with Gasteiger partial charge in [0.15, 0.2) is 0 Å². The van der Waals surface area contributed by atoms with Gasteiger partial charge < -0.3 is 10.5 Å². The van der Waals surface area contributed by atoms with Crippen LogP contribution in [0.15, 0.2) is 18.3 Å². The van der Waals surface area contributed by atoms with Crippen molar-refractivity contribution in [3.05, 3.63) is 40.2 Å². The van der Waals surface area contributed by atoms with Crippen LogP contribution in [0.25, 0.3) is 0 Å². The summed E-state index contributed by atoms with van der Waals surface area (Å²) in [7, 11) is 0. The van der Waals surface area contributed by atoms with E-state index in [2.05, 4.69) is 17.2 Å². The number of ether oxygens (including phenoxy) is 1. The Labute approximate surface area is 129 Å². The van der Waals surface area contributed by atoms with Crippen molar-refractivity contribution < 1.29 is 4.74 Å². The van der Waals surface area contributed by atoms with E-state index in [-0.39, 0.29) is 6.04 Å². The molecule has 2 aromatic rings. The number of rotatable bonds is 5. The van der Waals surface area contributed by atoms with Gasteiger partial charge in [-0.15, -0.1) is 5.10 Å². The zero-order valence-corrected chi connectivity index (χ0v) is 12.8. The molecule has 0 fully saturated rings. The monoisotopic (exact) mass is 306 g/mol. The summed E-state index contributed by atoms with van der Waals surface area (Å²) in [5, 5.41) is 9.05. The van der Waals surface area contributed by atoms with E-state index in [4.69, 9.17) is 22.1 Å². The van der Waals surface area contributed by atoms with Crippen LogP contribution in [0.3, 0.4) is 0 Å². The van der Waals surface area contributed by atoms with Crippen LogP contribution < -0.4 is 10.5 Å². The molecule has 2 heterocycles. The van der Waals surface area contributed by atoms with Crippen molar-refractivity contribution in [1.29, 1.82) is 0 Å². The minimum Gasteiger partial charge on any atom is -0.493 e. The van der Waals surface area contributed by atoms with Gasteiger partial charge in [-0.05, 0) is 24.1 Å². The van der Waals surface area contributed by atoms with E-state index >= 15 is 0 Å². The molecule has 1 unspecified atom stereocenters. The fourth-order valence-corrected chi connectivity index (χ4v) is 2.92. The molecule has 6 heteroatoms. The first-order valence-electron chi connectivity index (χ1n) is 7.27. The first kappa shape index (κ1) is 14.4. The lowest BCUT2D eigenvalue weighted by Crippen LogP contribution is -2.10. The van der Waals surface area contributed by atoms with Gasteiger partial charge in [-0.2, -0.15) is 0 Å². The third-order valence-corrected chi connectivity index (χ3v) is 3.91. The number of nitrogens with two attached hydrogens (primary N) is 1. The molecule has 0 radical (unpaired) electrons. The highest BCUT2D eigenvalue weighted by atomic mass is 35.5. The second kappa shape index (κ2) is 6.03. The van der Waals surface area contributed by atoms with Crippen molar-refractivity contribution in [1.82, 2.24) is 15.0 Å². The molecule has 5 nitrogen and oxygen atoms in total. The molecule has 112 valence electrons. The standard InChI is InChI=1S/C15H19ClN4O/c1-2-3-13(17)14-9-20(19-18-14)8-11-7-12(16)6-10-4-5-21-15(10)11/h6-7,9,13H,2-5,8,17H2,1H3. The van der Waals surface area contributed by atoms with Gasteiger partial charge in [-0.25, -0.2) is 4.68 Å². The molecule has 0 saturated carbocycles. The third-order valence-electron chi connectivity index (χ3n) is 3.69. The first-order chi connectivity index (χ1) is 10.2. The average molecular weight is 307 g/mol. The lowest BCUT2D eigenvalue weighted by atomic mass is 10.1. The van der Waals surface area contributed by atoms with Gasteiger partial charge in [-0.1, -0.05) is 30.2 Å². The van der Waals surface area contributed by atoms with Crippen molar-refractivity contribution >= 4 is 11.6 Å². The first-order valence-corrected chi connectivity index (χ1v) is 7.65. The van der Waals surface area contributed by atoms with E-state index in [1.165, 1.54) is 5.56 Å². The highest BCUT2D eigenvalue weighted by Gasteiger charge is 2.18. The van der Waals surface area contributed by atoms with Crippen LogP contribution in [0.1, 0.15) is 42.6 Å². The molecular weight excluding hydrogens is 288 g/mol. The predicted octanol–water partition coefficient (Wildman–Crippen LogP) is 2.71. The maximum absolute atomic E-state index is 6.17. The summed E-state index contributed by atoms with van der Waals surface area (Å²) in [5.41, 5.74) is 9.10. The lowest BCUT2D eigenvalue weighted by molar-refractivity contribution is 0.352. The summed E-state index contributed by atoms with van der Waals surface area (Å²) < 4.78 is 7.49. The van der Waals surface area contributed by atoms with E-state index in [0.29, 0.717) is 13.2 Å². The summed E-state index contributed by atoms with van der Waals surface area (Å²) in [6.45, 7) is 3.41. The molecule has 3 rings (SSSR count). The maximum atomic E-state index is 6.17. The summed E-state index contributed by atoms with van der Waals surface area (Å²) in [6, 6.07) is 3.85. The summed E-state index contributed by atoms with van der Waals surface area (Å²) in [4.78, 5) is 0. The van der Waals surface area contributed by atoms with Gasteiger partial charge in [0, 0.05) is 17.0 Å². The summed E-state index contributed by atoms with van der Waals surface area (Å²) in [6.07, 6.45) is 4.76. The quantitative estimate of drug-likeness (QED) is 0.922. The van der Waals surface area contributed by atoms with Crippen LogP contribution in [0, 0.1) is 0 Å². The molecule has 1 aromatic carbocycles. The van der Waals surface area contributed by atoms with Crippen molar-refractivity contribution in [3.8, 4) is 5.75 Å². The van der Waals surface area contributed by atoms with Gasteiger partial charge in [0.1, 0.15) is 5.75 Å². The normalized spacial score (nSPS) is 14.8. The van der Waals surface area contributed by atoms with Crippen molar-refractivity contribution in [3.63, 3.8) is 0 Å². The smallest absolute Gasteiger partial charge is 0.127 e. The fourth-order valence-electron chi connectivity index (χ4n) is 2.66. The number of hydrogen-bond donors (Lipinski definition) is 1. The lowest BCUT2D eigenvalue weighted by Gasteiger charge is -2.09. The number of hydrogen-bond acceptors (Lipinski definition) is 4. The molecule has 21 heavy (non-hydrogen) atoms. The van der Waals surface area contributed by atoms with Gasteiger partial charge in [0.05, 0.1) is 31.1 Å². The Morgan fingerprint density at radius 2 is 2.33 bits per heavy atom. The number of fused-ring (bicyclic) bond motifs is 1. The fraction of sp³-hybridized carbons (Fsp3) is 0.467. The third kappa shape index (κ3) is 3.04. The second-order valence-electron chi connectivity index (χ2n) is 5.39. The SMILES string of the molecule is CCCC(N)c1cn(Cc2cc(Cl)cc3c2OCC3)nn1. The molecule has 2 N–H and O–H groups in total. The van der Waals surface area contributed by atoms with Crippen LogP contribution in [-0.4, -0.2) is 21.6 Å². The maximum Gasteiger partial charge on any atom is 0.127 e. The summed E-state index contributed by atoms with van der Waals surface area (Å²) in [5.74, 6) is 0.939. The zero-order chi connectivity index (χ0) is 14.8. The topological polar surface area (TPSA) is 66.0 Å². The van der Waals surface area contributed by atoms with Crippen LogP contribution in [-0.2, 0) is 13.0 Å². The Bertz CT molecular complexity index is 641. The van der Waals surface area contributed by atoms with Gasteiger partial charge >= 0.3 is 0 Å². The molecule has 1 atom stereocenters. The molecule has 1 aromatic heterocycles. The Morgan fingerprint density at radius 1 is 1.48 bits per heavy atom. The minimum absolute atomic E-state index is 0.0509. The molecular formula is C15H19ClN4O. The second-order valence-corrected chi connectivity index (χ2v) is 5.82. The molecule has 1 aliphatic heterocycles. The molecule has 0 aliphatic carbocycles. The molecule has 1 aliphatic rings. The molecule has 0 saturated heterocycles. The van der Waals surface area contributed by atoms with Gasteiger partial charge in [0.2, 0.25) is 0 Å². The molecule has 0 amide bonds. The van der Waals surface area contributed by atoms with E-state index in [9.17, 15) is 0 Å². The largest absolute Gasteiger partial charge is 0.493 e. The summed E-state index contributed by atoms with van der Waals surface area (Å²) >= 11 is 6.17. The molecule has 0 bridgehead atoms. The van der Waals surface area contributed by atoms with E-state index in [0.717, 1.165) is 41.3 Å². The zero-order valence-electron chi connectivity index (χ0n) is 12.1. The van der Waals surface area contributed by atoms with Crippen LogP contribution in [0.4, 0.5) is 0 Å². The van der Waals surface area contributed by atoms with E-state index < -0.39 is 0 Å². The Morgan fingerprint density at radius 3 is 3.14 bits per heavy atom. The van der Waals surface area contributed by atoms with Gasteiger partial charge in [-0.3, -0.25) is 0 Å². The number of aromatic nitrogens is 3. The van der Waals surface area contributed by atoms with Crippen LogP contribution >= 0.6 is 11.6 Å². The highest BCUT2D eigenvalue weighted by molar-refractivity contribution is 6.30. The Kier molecular flexibility index (Phi) is 4.12. The van der Waals surface area contributed by atoms with Crippen LogP contribution in [0.5, 0.6) is 5.75 Å². The van der Waals surface area contributed by atoms with Crippen molar-refractivity contribution in [2.75, 3.05) is 6.61 Å². The average Bonchev–Trinajstić information content (AvgIpc) is 3.07. The van der Waals surface area contributed by atoms with E-state index in [1.54, 1.807) is 4.68 Å². The van der Waals surface area contributed by atoms with Crippen molar-refractivity contribution in [2.24, 2.45) is 5.73 Å². The molecule has 0 spiro atoms. The van der Waals surface area contributed by atoms with Crippen molar-refractivity contribution in [2.45, 2.75) is 38.8 Å². The van der Waals surface area contributed by atoms with Gasteiger partial charge in [0.25, 0.3) is 0 Å². The van der Waals surface area contributed by atoms with Crippen LogP contribution in [0.2, 0.25) is 5.02 Å². The number of benzene rings is 1. The van der Waals surface area contributed by atoms with E-state index in [1.807, 2.05) is 18.3 Å². The Hall–Kier alpha value is -1.59. The number of halogens is 1. The number of nitrogens with zero attached hydrogens (tertiary/aromatic N) is 3. The minimum atomic E-state index is -0.0509.